The fourth-order valence-corrected chi connectivity index (χ4v) is 2.77. The number of anilines is 1. The van der Waals surface area contributed by atoms with E-state index in [2.05, 4.69) is 15.8 Å². The highest BCUT2D eigenvalue weighted by Gasteiger charge is 2.14. The SMILES string of the molecule is CCOc1cc(C=NNC(=O)C(=O)Nc2ccccc2)ccc1OC(=O)c1ccc(OC)cc1. The second-order valence-corrected chi connectivity index (χ2v) is 6.78. The van der Waals surface area contributed by atoms with Crippen LogP contribution in [0.15, 0.2) is 77.9 Å². The Kier molecular flexibility index (Phi) is 8.34. The van der Waals surface area contributed by atoms with Gasteiger partial charge in [-0.3, -0.25) is 9.59 Å². The molecule has 0 saturated heterocycles. The highest BCUT2D eigenvalue weighted by atomic mass is 16.6. The van der Waals surface area contributed by atoms with Crippen LogP contribution in [-0.4, -0.2) is 37.7 Å². The fourth-order valence-electron chi connectivity index (χ4n) is 2.77. The Morgan fingerprint density at radius 2 is 1.65 bits per heavy atom. The van der Waals surface area contributed by atoms with Crippen LogP contribution < -0.4 is 25.0 Å². The van der Waals surface area contributed by atoms with E-state index in [0.29, 0.717) is 34.9 Å². The molecule has 174 valence electrons. The van der Waals surface area contributed by atoms with E-state index in [1.54, 1.807) is 79.7 Å². The number of ether oxygens (including phenoxy) is 3. The van der Waals surface area contributed by atoms with Crippen molar-refractivity contribution < 1.29 is 28.6 Å². The summed E-state index contributed by atoms with van der Waals surface area (Å²) in [6.45, 7) is 2.13. The maximum atomic E-state index is 12.5. The van der Waals surface area contributed by atoms with Crippen molar-refractivity contribution in [3.05, 3.63) is 83.9 Å². The van der Waals surface area contributed by atoms with Gasteiger partial charge >= 0.3 is 17.8 Å². The molecule has 2 amide bonds. The summed E-state index contributed by atoms with van der Waals surface area (Å²) < 4.78 is 16.1. The van der Waals surface area contributed by atoms with Crippen LogP contribution >= 0.6 is 0 Å². The topological polar surface area (TPSA) is 115 Å². The number of nitrogens with one attached hydrogen (secondary N) is 2. The molecule has 0 fully saturated rings. The average molecular weight is 461 g/mol. The quantitative estimate of drug-likeness (QED) is 0.175. The van der Waals surface area contributed by atoms with Crippen LogP contribution in [0.25, 0.3) is 0 Å². The third-order valence-corrected chi connectivity index (χ3v) is 4.41. The van der Waals surface area contributed by atoms with Crippen LogP contribution in [0.5, 0.6) is 17.2 Å². The Balaban J connectivity index is 1.63. The zero-order valence-corrected chi connectivity index (χ0v) is 18.6. The first-order valence-corrected chi connectivity index (χ1v) is 10.3. The second-order valence-electron chi connectivity index (χ2n) is 6.78. The number of hydrogen-bond donors (Lipinski definition) is 2. The van der Waals surface area contributed by atoms with Crippen molar-refractivity contribution in [1.82, 2.24) is 5.43 Å². The zero-order chi connectivity index (χ0) is 24.3. The Labute approximate surface area is 196 Å². The summed E-state index contributed by atoms with van der Waals surface area (Å²) >= 11 is 0. The fraction of sp³-hybridized carbons (Fsp3) is 0.120. The number of amides is 2. The van der Waals surface area contributed by atoms with Crippen molar-refractivity contribution in [1.29, 1.82) is 0 Å². The molecule has 3 aromatic rings. The Morgan fingerprint density at radius 1 is 0.912 bits per heavy atom. The number of hydrogen-bond acceptors (Lipinski definition) is 7. The van der Waals surface area contributed by atoms with Crippen molar-refractivity contribution in [3.8, 4) is 17.2 Å². The molecule has 0 heterocycles. The number of carbonyl (C=O) groups is 3. The molecule has 0 saturated carbocycles. The van der Waals surface area contributed by atoms with Gasteiger partial charge in [0.25, 0.3) is 0 Å². The number of methoxy groups -OCH3 is 1. The van der Waals surface area contributed by atoms with Crippen LogP contribution in [0.4, 0.5) is 5.69 Å². The molecule has 9 nitrogen and oxygen atoms in total. The highest BCUT2D eigenvalue weighted by molar-refractivity contribution is 6.39. The summed E-state index contributed by atoms with van der Waals surface area (Å²) in [7, 11) is 1.54. The van der Waals surface area contributed by atoms with Gasteiger partial charge < -0.3 is 19.5 Å². The van der Waals surface area contributed by atoms with Crippen LogP contribution in [0.1, 0.15) is 22.8 Å². The van der Waals surface area contributed by atoms with Gasteiger partial charge in [-0.1, -0.05) is 18.2 Å². The van der Waals surface area contributed by atoms with Crippen molar-refractivity contribution in [2.24, 2.45) is 5.10 Å². The first-order chi connectivity index (χ1) is 16.5. The maximum absolute atomic E-state index is 12.5. The maximum Gasteiger partial charge on any atom is 0.343 e. The monoisotopic (exact) mass is 461 g/mol. The Hall–Kier alpha value is -4.66. The van der Waals surface area contributed by atoms with Gasteiger partial charge in [-0.25, -0.2) is 10.2 Å². The molecule has 0 radical (unpaired) electrons. The Morgan fingerprint density at radius 3 is 2.32 bits per heavy atom. The van der Waals surface area contributed by atoms with Gasteiger partial charge in [-0.05, 0) is 67.1 Å². The lowest BCUT2D eigenvalue weighted by molar-refractivity contribution is -0.136. The number of carbonyl (C=O) groups excluding carboxylic acids is 3. The third-order valence-electron chi connectivity index (χ3n) is 4.41. The molecule has 0 aromatic heterocycles. The molecule has 3 rings (SSSR count). The molecule has 2 N–H and O–H groups in total. The standard InChI is InChI=1S/C25H23N3O6/c1-3-33-22-15-17(16-26-28-24(30)23(29)27-19-7-5-4-6-8-19)9-14-21(22)34-25(31)18-10-12-20(32-2)13-11-18/h4-16H,3H2,1-2H3,(H,27,29)(H,28,30). The van der Waals surface area contributed by atoms with E-state index in [4.69, 9.17) is 14.2 Å². The van der Waals surface area contributed by atoms with Gasteiger partial charge in [0.1, 0.15) is 5.75 Å². The summed E-state index contributed by atoms with van der Waals surface area (Å²) in [5, 5.41) is 6.26. The molecular weight excluding hydrogens is 438 g/mol. The zero-order valence-electron chi connectivity index (χ0n) is 18.6. The van der Waals surface area contributed by atoms with Gasteiger partial charge in [-0.2, -0.15) is 5.10 Å². The average Bonchev–Trinajstić information content (AvgIpc) is 2.86. The minimum absolute atomic E-state index is 0.228. The minimum Gasteiger partial charge on any atom is -0.497 e. The molecule has 3 aromatic carbocycles. The molecule has 0 aliphatic carbocycles. The van der Waals surface area contributed by atoms with Crippen LogP contribution in [0.3, 0.4) is 0 Å². The minimum atomic E-state index is -0.921. The van der Waals surface area contributed by atoms with Crippen molar-refractivity contribution in [2.45, 2.75) is 6.92 Å². The molecule has 0 aliphatic heterocycles. The van der Waals surface area contributed by atoms with Crippen molar-refractivity contribution in [3.63, 3.8) is 0 Å². The molecule has 9 heteroatoms. The van der Waals surface area contributed by atoms with E-state index in [9.17, 15) is 14.4 Å². The molecule has 0 spiro atoms. The first kappa shape index (κ1) is 24.0. The normalized spacial score (nSPS) is 10.4. The van der Waals surface area contributed by atoms with Crippen molar-refractivity contribution >= 4 is 29.7 Å². The van der Waals surface area contributed by atoms with E-state index in [1.165, 1.54) is 13.3 Å². The summed E-state index contributed by atoms with van der Waals surface area (Å²) in [5.74, 6) is -1.15. The van der Waals surface area contributed by atoms with Crippen LogP contribution in [0, 0.1) is 0 Å². The number of esters is 1. The Bertz CT molecular complexity index is 1180. The number of nitrogens with zero attached hydrogens (tertiary/aromatic N) is 1. The lowest BCUT2D eigenvalue weighted by Gasteiger charge is -2.11. The summed E-state index contributed by atoms with van der Waals surface area (Å²) in [5.41, 5.74) is 3.56. The number of rotatable bonds is 8. The lowest BCUT2D eigenvalue weighted by atomic mass is 10.2. The molecule has 0 aliphatic rings. The summed E-state index contributed by atoms with van der Waals surface area (Å²) in [6.07, 6.45) is 1.34. The van der Waals surface area contributed by atoms with E-state index in [-0.39, 0.29) is 5.75 Å². The second kappa shape index (κ2) is 11.8. The smallest absolute Gasteiger partial charge is 0.343 e. The lowest BCUT2D eigenvalue weighted by Crippen LogP contribution is -2.32. The van der Waals surface area contributed by atoms with Gasteiger partial charge in [0.15, 0.2) is 11.5 Å². The molecule has 34 heavy (non-hydrogen) atoms. The predicted molar refractivity (Wildman–Crippen MR) is 126 cm³/mol. The van der Waals surface area contributed by atoms with Crippen LogP contribution in [-0.2, 0) is 9.59 Å². The largest absolute Gasteiger partial charge is 0.497 e. The van der Waals surface area contributed by atoms with E-state index < -0.39 is 17.8 Å². The summed E-state index contributed by atoms with van der Waals surface area (Å²) in [6, 6.07) is 19.9. The van der Waals surface area contributed by atoms with E-state index in [1.807, 2.05) is 0 Å². The molecule has 0 atom stereocenters. The van der Waals surface area contributed by atoms with E-state index in [0.717, 1.165) is 0 Å². The van der Waals surface area contributed by atoms with Crippen molar-refractivity contribution in [2.75, 3.05) is 19.0 Å². The third kappa shape index (κ3) is 6.67. The summed E-state index contributed by atoms with van der Waals surface area (Å²) in [4.78, 5) is 36.3. The van der Waals surface area contributed by atoms with Crippen LogP contribution in [0.2, 0.25) is 0 Å². The molecule has 0 bridgehead atoms. The van der Waals surface area contributed by atoms with Gasteiger partial charge in [-0.15, -0.1) is 0 Å². The highest BCUT2D eigenvalue weighted by Crippen LogP contribution is 2.29. The van der Waals surface area contributed by atoms with Gasteiger partial charge in [0, 0.05) is 5.69 Å². The number of para-hydroxylation sites is 1. The molecule has 0 unspecified atom stereocenters. The first-order valence-electron chi connectivity index (χ1n) is 10.3. The number of hydrazone groups is 1. The number of benzene rings is 3. The van der Waals surface area contributed by atoms with E-state index >= 15 is 0 Å². The molecular formula is C25H23N3O6. The van der Waals surface area contributed by atoms with Gasteiger partial charge in [0.2, 0.25) is 0 Å². The van der Waals surface area contributed by atoms with Gasteiger partial charge in [0.05, 0.1) is 25.5 Å². The predicted octanol–water partition coefficient (Wildman–Crippen LogP) is 3.40.